The highest BCUT2D eigenvalue weighted by molar-refractivity contribution is 7.18. The molecule has 134 valence electrons. The number of hydrogen-bond donors (Lipinski definition) is 3. The minimum atomic E-state index is -0.236. The summed E-state index contributed by atoms with van der Waals surface area (Å²) in [7, 11) is 0. The summed E-state index contributed by atoms with van der Waals surface area (Å²) in [6, 6.07) is 14.5. The number of aromatic nitrogens is 3. The number of anilines is 2. The Morgan fingerprint density at radius 1 is 1.07 bits per heavy atom. The number of H-pyrrole nitrogens is 1. The van der Waals surface area contributed by atoms with Gasteiger partial charge in [-0.05, 0) is 42.5 Å². The molecular formula is C19H15N5O2S. The number of imidazole rings is 1. The molecule has 27 heavy (non-hydrogen) atoms. The lowest BCUT2D eigenvalue weighted by Crippen LogP contribution is -2.10. The van der Waals surface area contributed by atoms with Crippen LogP contribution in [0.2, 0.25) is 0 Å². The molecule has 3 aromatic heterocycles. The van der Waals surface area contributed by atoms with Crippen LogP contribution in [-0.2, 0) is 4.79 Å². The van der Waals surface area contributed by atoms with E-state index in [0.717, 1.165) is 16.7 Å². The topological polar surface area (TPSA) is 99.8 Å². The summed E-state index contributed by atoms with van der Waals surface area (Å²) in [5, 5.41) is 6.16. The molecule has 1 aromatic carbocycles. The number of carbonyl (C=O) groups is 2. The molecule has 4 rings (SSSR count). The Morgan fingerprint density at radius 2 is 1.96 bits per heavy atom. The predicted octanol–water partition coefficient (Wildman–Crippen LogP) is 3.90. The Morgan fingerprint density at radius 3 is 2.74 bits per heavy atom. The van der Waals surface area contributed by atoms with Crippen molar-refractivity contribution in [1.29, 1.82) is 0 Å². The third kappa shape index (κ3) is 3.70. The van der Waals surface area contributed by atoms with Gasteiger partial charge in [0, 0.05) is 18.8 Å². The van der Waals surface area contributed by atoms with E-state index in [4.69, 9.17) is 0 Å². The SMILES string of the molecule is CC(=O)Nc1ccc(C(=O)Nc2ccc3nc(-c4ccccn4)[nH]c3c2)s1. The number of rotatable bonds is 4. The van der Waals surface area contributed by atoms with Gasteiger partial charge in [-0.2, -0.15) is 0 Å². The van der Waals surface area contributed by atoms with Gasteiger partial charge in [-0.25, -0.2) is 4.98 Å². The standard InChI is InChI=1S/C19H15N5O2S/c1-11(25)21-17-8-7-16(27-17)19(26)22-12-5-6-13-15(10-12)24-18(23-13)14-4-2-3-9-20-14/h2-10H,1H3,(H,21,25)(H,22,26)(H,23,24). The number of pyridine rings is 1. The normalized spacial score (nSPS) is 10.7. The number of nitrogens with one attached hydrogen (secondary N) is 3. The van der Waals surface area contributed by atoms with Crippen LogP contribution in [0, 0.1) is 0 Å². The van der Waals surface area contributed by atoms with Crippen molar-refractivity contribution in [2.45, 2.75) is 6.92 Å². The summed E-state index contributed by atoms with van der Waals surface area (Å²) in [4.78, 5) is 36.1. The molecule has 3 heterocycles. The van der Waals surface area contributed by atoms with Gasteiger partial charge in [0.2, 0.25) is 5.91 Å². The molecule has 0 radical (unpaired) electrons. The number of nitrogens with zero attached hydrogens (tertiary/aromatic N) is 2. The second-order valence-corrected chi connectivity index (χ2v) is 6.92. The van der Waals surface area contributed by atoms with Crippen molar-refractivity contribution in [3.05, 3.63) is 59.6 Å². The lowest BCUT2D eigenvalue weighted by atomic mass is 10.2. The largest absolute Gasteiger partial charge is 0.337 e. The van der Waals surface area contributed by atoms with Gasteiger partial charge < -0.3 is 15.6 Å². The molecule has 7 nitrogen and oxygen atoms in total. The predicted molar refractivity (Wildman–Crippen MR) is 106 cm³/mol. The molecule has 2 amide bonds. The summed E-state index contributed by atoms with van der Waals surface area (Å²) in [5.74, 6) is 0.268. The Labute approximate surface area is 158 Å². The first-order valence-corrected chi connectivity index (χ1v) is 9.00. The Kier molecular flexibility index (Phi) is 4.39. The van der Waals surface area contributed by atoms with Gasteiger partial charge in [-0.15, -0.1) is 11.3 Å². The molecule has 3 N–H and O–H groups in total. The van der Waals surface area contributed by atoms with Gasteiger partial charge in [-0.3, -0.25) is 14.6 Å². The molecule has 0 bridgehead atoms. The molecule has 4 aromatic rings. The molecule has 0 aliphatic rings. The van der Waals surface area contributed by atoms with Gasteiger partial charge in [0.1, 0.15) is 5.69 Å². The number of amides is 2. The van der Waals surface area contributed by atoms with E-state index in [9.17, 15) is 9.59 Å². The van der Waals surface area contributed by atoms with Crippen LogP contribution in [0.5, 0.6) is 0 Å². The van der Waals surface area contributed by atoms with E-state index < -0.39 is 0 Å². The lowest BCUT2D eigenvalue weighted by Gasteiger charge is -2.03. The fraction of sp³-hybridized carbons (Fsp3) is 0.0526. The first-order valence-electron chi connectivity index (χ1n) is 8.18. The van der Waals surface area contributed by atoms with Crippen LogP contribution in [-0.4, -0.2) is 26.8 Å². The quantitative estimate of drug-likeness (QED) is 0.502. The summed E-state index contributed by atoms with van der Waals surface area (Å²) in [5.41, 5.74) is 3.00. The third-order valence-corrected chi connectivity index (χ3v) is 4.78. The zero-order valence-corrected chi connectivity index (χ0v) is 15.1. The maximum Gasteiger partial charge on any atom is 0.265 e. The lowest BCUT2D eigenvalue weighted by molar-refractivity contribution is -0.114. The van der Waals surface area contributed by atoms with Crippen molar-refractivity contribution in [1.82, 2.24) is 15.0 Å². The van der Waals surface area contributed by atoms with Crippen LogP contribution >= 0.6 is 11.3 Å². The van der Waals surface area contributed by atoms with Crippen LogP contribution in [0.4, 0.5) is 10.7 Å². The summed E-state index contributed by atoms with van der Waals surface area (Å²) in [6.07, 6.45) is 1.71. The number of fused-ring (bicyclic) bond motifs is 1. The van der Waals surface area contributed by atoms with E-state index in [0.29, 0.717) is 21.4 Å². The summed E-state index contributed by atoms with van der Waals surface area (Å²) in [6.45, 7) is 1.43. The highest BCUT2D eigenvalue weighted by Crippen LogP contribution is 2.25. The maximum absolute atomic E-state index is 12.4. The van der Waals surface area contributed by atoms with Gasteiger partial charge in [0.15, 0.2) is 5.82 Å². The highest BCUT2D eigenvalue weighted by atomic mass is 32.1. The first kappa shape index (κ1) is 16.9. The Hall–Kier alpha value is -3.52. The minimum absolute atomic E-state index is 0.169. The zero-order chi connectivity index (χ0) is 18.8. The van der Waals surface area contributed by atoms with Gasteiger partial charge >= 0.3 is 0 Å². The van der Waals surface area contributed by atoms with E-state index >= 15 is 0 Å². The Balaban J connectivity index is 1.54. The monoisotopic (exact) mass is 377 g/mol. The summed E-state index contributed by atoms with van der Waals surface area (Å²) < 4.78 is 0. The molecule has 0 fully saturated rings. The van der Waals surface area contributed by atoms with Crippen molar-refractivity contribution in [3.63, 3.8) is 0 Å². The maximum atomic E-state index is 12.4. The van der Waals surface area contributed by atoms with Crippen molar-refractivity contribution < 1.29 is 9.59 Å². The van der Waals surface area contributed by atoms with Crippen molar-refractivity contribution in [3.8, 4) is 11.5 Å². The zero-order valence-electron chi connectivity index (χ0n) is 14.3. The fourth-order valence-electron chi connectivity index (χ4n) is 2.60. The number of hydrogen-bond acceptors (Lipinski definition) is 5. The van der Waals surface area contributed by atoms with E-state index in [2.05, 4.69) is 25.6 Å². The molecule has 0 unspecified atom stereocenters. The van der Waals surface area contributed by atoms with Crippen molar-refractivity contribution >= 4 is 44.9 Å². The van der Waals surface area contributed by atoms with E-state index in [1.54, 1.807) is 24.4 Å². The number of thiophene rings is 1. The van der Waals surface area contributed by atoms with Crippen LogP contribution in [0.25, 0.3) is 22.6 Å². The van der Waals surface area contributed by atoms with Crippen molar-refractivity contribution in [2.75, 3.05) is 10.6 Å². The van der Waals surface area contributed by atoms with Crippen LogP contribution < -0.4 is 10.6 Å². The van der Waals surface area contributed by atoms with Gasteiger partial charge in [-0.1, -0.05) is 6.07 Å². The smallest absolute Gasteiger partial charge is 0.265 e. The minimum Gasteiger partial charge on any atom is -0.337 e. The third-order valence-electron chi connectivity index (χ3n) is 3.78. The molecule has 0 saturated carbocycles. The van der Waals surface area contributed by atoms with Crippen molar-refractivity contribution in [2.24, 2.45) is 0 Å². The summed E-state index contributed by atoms with van der Waals surface area (Å²) >= 11 is 1.22. The van der Waals surface area contributed by atoms with Crippen LogP contribution in [0.3, 0.4) is 0 Å². The molecule has 8 heteroatoms. The number of carbonyl (C=O) groups excluding carboxylic acids is 2. The Bertz CT molecular complexity index is 1130. The molecule has 0 saturated heterocycles. The van der Waals surface area contributed by atoms with E-state index in [1.807, 2.05) is 30.3 Å². The fourth-order valence-corrected chi connectivity index (χ4v) is 3.45. The average molecular weight is 377 g/mol. The van der Waals surface area contributed by atoms with Gasteiger partial charge in [0.25, 0.3) is 5.91 Å². The van der Waals surface area contributed by atoms with Crippen LogP contribution in [0.15, 0.2) is 54.7 Å². The highest BCUT2D eigenvalue weighted by Gasteiger charge is 2.12. The van der Waals surface area contributed by atoms with Crippen LogP contribution in [0.1, 0.15) is 16.6 Å². The van der Waals surface area contributed by atoms with Gasteiger partial charge in [0.05, 0.1) is 20.9 Å². The molecular weight excluding hydrogens is 362 g/mol. The molecule has 0 spiro atoms. The molecule has 0 aliphatic heterocycles. The molecule has 0 aliphatic carbocycles. The number of benzene rings is 1. The average Bonchev–Trinajstić information content (AvgIpc) is 3.28. The van der Waals surface area contributed by atoms with E-state index in [-0.39, 0.29) is 11.8 Å². The number of aromatic amines is 1. The second kappa shape index (κ2) is 7.00. The van der Waals surface area contributed by atoms with E-state index in [1.165, 1.54) is 18.3 Å². The molecule has 0 atom stereocenters. The first-order chi connectivity index (χ1) is 13.1. The second-order valence-electron chi connectivity index (χ2n) is 5.83.